The van der Waals surface area contributed by atoms with E-state index < -0.39 is 22.4 Å². The lowest BCUT2D eigenvalue weighted by molar-refractivity contribution is -0.385. The first-order valence-electron chi connectivity index (χ1n) is 8.02. The number of hydrogen-bond donors (Lipinski definition) is 1. The molecule has 1 unspecified atom stereocenters. The Kier molecular flexibility index (Phi) is 5.36. The van der Waals surface area contributed by atoms with Crippen LogP contribution in [0, 0.1) is 24.0 Å². The number of pyridine rings is 1. The third-order valence-electron chi connectivity index (χ3n) is 4.20. The van der Waals surface area contributed by atoms with E-state index in [1.165, 1.54) is 13.0 Å². The van der Waals surface area contributed by atoms with Crippen LogP contribution < -0.4 is 10.9 Å². The number of rotatable bonds is 5. The molecule has 0 fully saturated rings. The van der Waals surface area contributed by atoms with Crippen LogP contribution in [0.1, 0.15) is 36.6 Å². The number of anilines is 1. The van der Waals surface area contributed by atoms with Crippen LogP contribution in [-0.2, 0) is 11.2 Å². The van der Waals surface area contributed by atoms with Gasteiger partial charge in [-0.25, -0.2) is 0 Å². The minimum absolute atomic E-state index is 0.220. The van der Waals surface area contributed by atoms with Crippen LogP contribution in [-0.4, -0.2) is 15.4 Å². The summed E-state index contributed by atoms with van der Waals surface area (Å²) in [7, 11) is 0. The molecule has 1 amide bonds. The van der Waals surface area contributed by atoms with E-state index in [1.54, 1.807) is 6.92 Å². The van der Waals surface area contributed by atoms with Gasteiger partial charge >= 0.3 is 0 Å². The molecule has 0 radical (unpaired) electrons. The standard InChI is InChI=1S/C18H21N3O4/c1-5-14-8-6-7-11(2)16(14)19-17(22)13(4)20-10-15(21(24)25)9-12(3)18(20)23/h6-10,13H,5H2,1-4H3,(H,19,22). The van der Waals surface area contributed by atoms with Crippen LogP contribution in [0.15, 0.2) is 35.3 Å². The van der Waals surface area contributed by atoms with Gasteiger partial charge in [0.15, 0.2) is 0 Å². The molecule has 25 heavy (non-hydrogen) atoms. The smallest absolute Gasteiger partial charge is 0.286 e. The second-order valence-corrected chi connectivity index (χ2v) is 5.98. The molecule has 0 saturated heterocycles. The molecule has 0 bridgehead atoms. The quantitative estimate of drug-likeness (QED) is 0.666. The maximum atomic E-state index is 12.6. The fourth-order valence-electron chi connectivity index (χ4n) is 2.67. The van der Waals surface area contributed by atoms with Gasteiger partial charge in [-0.1, -0.05) is 25.1 Å². The second-order valence-electron chi connectivity index (χ2n) is 5.98. The Hall–Kier alpha value is -2.96. The van der Waals surface area contributed by atoms with Gasteiger partial charge in [0.25, 0.3) is 11.2 Å². The van der Waals surface area contributed by atoms with Gasteiger partial charge in [-0.15, -0.1) is 0 Å². The number of para-hydroxylation sites is 1. The van der Waals surface area contributed by atoms with Crippen molar-refractivity contribution in [1.29, 1.82) is 0 Å². The van der Waals surface area contributed by atoms with Crippen molar-refractivity contribution < 1.29 is 9.72 Å². The van der Waals surface area contributed by atoms with Crippen LogP contribution in [0.5, 0.6) is 0 Å². The fraction of sp³-hybridized carbons (Fsp3) is 0.333. The Morgan fingerprint density at radius 1 is 1.32 bits per heavy atom. The topological polar surface area (TPSA) is 94.2 Å². The molecule has 0 aliphatic heterocycles. The maximum absolute atomic E-state index is 12.6. The van der Waals surface area contributed by atoms with Gasteiger partial charge in [-0.3, -0.25) is 24.3 Å². The monoisotopic (exact) mass is 343 g/mol. The van der Waals surface area contributed by atoms with Gasteiger partial charge in [0.05, 0.1) is 11.1 Å². The summed E-state index contributed by atoms with van der Waals surface area (Å²) in [4.78, 5) is 35.4. The SMILES string of the molecule is CCc1cccc(C)c1NC(=O)C(C)n1cc([N+](=O)[O-])cc(C)c1=O. The predicted octanol–water partition coefficient (Wildman–Crippen LogP) is 3.14. The molecule has 0 aliphatic carbocycles. The summed E-state index contributed by atoms with van der Waals surface area (Å²) in [5, 5.41) is 13.9. The molecule has 1 aromatic heterocycles. The summed E-state index contributed by atoms with van der Waals surface area (Å²) < 4.78 is 1.10. The molecule has 7 nitrogen and oxygen atoms in total. The second kappa shape index (κ2) is 7.29. The molecular weight excluding hydrogens is 322 g/mol. The Morgan fingerprint density at radius 3 is 2.60 bits per heavy atom. The number of nitrogens with one attached hydrogen (secondary N) is 1. The first-order valence-corrected chi connectivity index (χ1v) is 8.02. The van der Waals surface area contributed by atoms with E-state index in [0.29, 0.717) is 0 Å². The van der Waals surface area contributed by atoms with Crippen LogP contribution in [0.4, 0.5) is 11.4 Å². The van der Waals surface area contributed by atoms with Crippen molar-refractivity contribution in [3.63, 3.8) is 0 Å². The van der Waals surface area contributed by atoms with E-state index in [4.69, 9.17) is 0 Å². The molecule has 0 aliphatic rings. The molecule has 1 atom stereocenters. The van der Waals surface area contributed by atoms with Gasteiger partial charge in [-0.2, -0.15) is 0 Å². The van der Waals surface area contributed by atoms with Gasteiger partial charge in [0, 0.05) is 17.3 Å². The third-order valence-corrected chi connectivity index (χ3v) is 4.20. The zero-order valence-corrected chi connectivity index (χ0v) is 14.7. The summed E-state index contributed by atoms with van der Waals surface area (Å²) in [5.74, 6) is -0.397. The highest BCUT2D eigenvalue weighted by molar-refractivity contribution is 5.95. The molecule has 7 heteroatoms. The molecule has 0 saturated carbocycles. The van der Waals surface area contributed by atoms with Crippen molar-refractivity contribution >= 4 is 17.3 Å². The number of nitrogens with zero attached hydrogens (tertiary/aromatic N) is 2. The number of hydrogen-bond acceptors (Lipinski definition) is 4. The lowest BCUT2D eigenvalue weighted by Crippen LogP contribution is -2.32. The molecule has 2 aromatic rings. The summed E-state index contributed by atoms with van der Waals surface area (Å²) >= 11 is 0. The average molecular weight is 343 g/mol. The average Bonchev–Trinajstić information content (AvgIpc) is 2.57. The number of benzene rings is 1. The molecule has 2 rings (SSSR count). The number of nitro groups is 1. The number of aryl methyl sites for hydroxylation is 3. The molecule has 1 N–H and O–H groups in total. The Labute approximate surface area is 145 Å². The van der Waals surface area contributed by atoms with Crippen LogP contribution in [0.2, 0.25) is 0 Å². The van der Waals surface area contributed by atoms with Crippen LogP contribution in [0.25, 0.3) is 0 Å². The lowest BCUT2D eigenvalue weighted by atomic mass is 10.1. The molecule has 132 valence electrons. The van der Waals surface area contributed by atoms with Crippen LogP contribution in [0.3, 0.4) is 0 Å². The first kappa shape index (κ1) is 18.4. The van der Waals surface area contributed by atoms with Gasteiger partial charge in [0.1, 0.15) is 6.04 Å². The highest BCUT2D eigenvalue weighted by Gasteiger charge is 2.21. The fourth-order valence-corrected chi connectivity index (χ4v) is 2.67. The highest BCUT2D eigenvalue weighted by Crippen LogP contribution is 2.22. The van der Waals surface area contributed by atoms with E-state index >= 15 is 0 Å². The number of aromatic nitrogens is 1. The Balaban J connectivity index is 2.39. The van der Waals surface area contributed by atoms with Gasteiger partial charge < -0.3 is 5.32 Å². The summed E-state index contributed by atoms with van der Waals surface area (Å²) in [6.45, 7) is 6.92. The zero-order valence-electron chi connectivity index (χ0n) is 14.7. The Bertz CT molecular complexity index is 886. The number of amides is 1. The van der Waals surface area contributed by atoms with E-state index in [-0.39, 0.29) is 11.3 Å². The third kappa shape index (κ3) is 3.76. The summed E-state index contributed by atoms with van der Waals surface area (Å²) in [6, 6.07) is 6.07. The van der Waals surface area contributed by atoms with E-state index in [1.807, 2.05) is 32.0 Å². The van der Waals surface area contributed by atoms with Gasteiger partial charge in [0.2, 0.25) is 5.91 Å². The minimum Gasteiger partial charge on any atom is -0.324 e. The number of carbonyl (C=O) groups excluding carboxylic acids is 1. The van der Waals surface area contributed by atoms with E-state index in [0.717, 1.165) is 34.0 Å². The molecule has 1 heterocycles. The molecule has 1 aromatic carbocycles. The summed E-state index contributed by atoms with van der Waals surface area (Å²) in [6.07, 6.45) is 1.86. The molecular formula is C18H21N3O4. The number of carbonyl (C=O) groups is 1. The minimum atomic E-state index is -0.879. The largest absolute Gasteiger partial charge is 0.324 e. The summed E-state index contributed by atoms with van der Waals surface area (Å²) in [5.41, 5.74) is 2.21. The van der Waals surface area contributed by atoms with Crippen molar-refractivity contribution in [3.05, 3.63) is 67.6 Å². The van der Waals surface area contributed by atoms with E-state index in [2.05, 4.69) is 5.32 Å². The van der Waals surface area contributed by atoms with Crippen molar-refractivity contribution in [2.24, 2.45) is 0 Å². The normalized spacial score (nSPS) is 11.8. The zero-order chi connectivity index (χ0) is 18.7. The van der Waals surface area contributed by atoms with Crippen molar-refractivity contribution in [2.45, 2.75) is 40.2 Å². The Morgan fingerprint density at radius 2 is 2.00 bits per heavy atom. The maximum Gasteiger partial charge on any atom is 0.286 e. The van der Waals surface area contributed by atoms with Crippen molar-refractivity contribution in [2.75, 3.05) is 5.32 Å². The van der Waals surface area contributed by atoms with E-state index in [9.17, 15) is 19.7 Å². The highest BCUT2D eigenvalue weighted by atomic mass is 16.6. The van der Waals surface area contributed by atoms with Crippen molar-refractivity contribution in [1.82, 2.24) is 4.57 Å². The lowest BCUT2D eigenvalue weighted by Gasteiger charge is -2.18. The van der Waals surface area contributed by atoms with Gasteiger partial charge in [-0.05, 0) is 38.3 Å². The van der Waals surface area contributed by atoms with Crippen molar-refractivity contribution in [3.8, 4) is 0 Å². The predicted molar refractivity (Wildman–Crippen MR) is 96.0 cm³/mol. The first-order chi connectivity index (χ1) is 11.8. The molecule has 0 spiro atoms. The van der Waals surface area contributed by atoms with Crippen LogP contribution >= 0.6 is 0 Å².